The van der Waals surface area contributed by atoms with Crippen LogP contribution in [0.15, 0.2) is 65.1 Å². The van der Waals surface area contributed by atoms with Gasteiger partial charge in [-0.15, -0.1) is 21.5 Å². The zero-order valence-electron chi connectivity index (χ0n) is 19.0. The molecule has 1 aliphatic rings. The van der Waals surface area contributed by atoms with Gasteiger partial charge in [-0.2, -0.15) is 0 Å². The third-order valence-corrected chi connectivity index (χ3v) is 6.86. The molecule has 1 fully saturated rings. The van der Waals surface area contributed by atoms with Crippen LogP contribution in [0.1, 0.15) is 30.5 Å². The minimum atomic E-state index is -0.0448. The summed E-state index contributed by atoms with van der Waals surface area (Å²) in [5.74, 6) is 0.867. The lowest BCUT2D eigenvalue weighted by Crippen LogP contribution is -2.50. The topological polar surface area (TPSA) is 79.5 Å². The van der Waals surface area contributed by atoms with Crippen molar-refractivity contribution in [2.75, 3.05) is 26.2 Å². The molecule has 2 aromatic carbocycles. The van der Waals surface area contributed by atoms with Gasteiger partial charge in [0, 0.05) is 47.7 Å². The van der Waals surface area contributed by atoms with E-state index in [4.69, 9.17) is 4.42 Å². The number of rotatable bonds is 4. The Labute approximate surface area is 201 Å². The monoisotopic (exact) mass is 472 g/mol. The number of aromatic nitrogens is 2. The van der Waals surface area contributed by atoms with Crippen LogP contribution in [0.25, 0.3) is 22.9 Å². The Morgan fingerprint density at radius 2 is 1.44 bits per heavy atom. The maximum atomic E-state index is 13.0. The van der Waals surface area contributed by atoms with Gasteiger partial charge in [0.2, 0.25) is 11.8 Å². The molecule has 0 atom stereocenters. The summed E-state index contributed by atoms with van der Waals surface area (Å²) >= 11 is 1.50. The van der Waals surface area contributed by atoms with Gasteiger partial charge < -0.3 is 14.2 Å². The quantitative estimate of drug-likeness (QED) is 0.431. The van der Waals surface area contributed by atoms with Gasteiger partial charge in [0.05, 0.1) is 4.88 Å². The molecule has 0 bridgehead atoms. The normalized spacial score (nSPS) is 13.8. The molecular weight excluding hydrogens is 448 g/mol. The lowest BCUT2D eigenvalue weighted by molar-refractivity contribution is 0.0538. The molecule has 3 heterocycles. The first-order valence-corrected chi connectivity index (χ1v) is 12.0. The first-order chi connectivity index (χ1) is 16.5. The van der Waals surface area contributed by atoms with Gasteiger partial charge in [0.1, 0.15) is 0 Å². The third kappa shape index (κ3) is 4.49. The van der Waals surface area contributed by atoms with Crippen LogP contribution in [0.5, 0.6) is 0 Å². The van der Waals surface area contributed by atoms with Gasteiger partial charge in [0.15, 0.2) is 0 Å². The molecule has 0 N–H and O–H groups in total. The van der Waals surface area contributed by atoms with Crippen LogP contribution in [-0.2, 0) is 0 Å². The number of carbonyl (C=O) groups excluding carboxylic acids is 2. The molecule has 2 aromatic heterocycles. The number of aryl methyl sites for hydroxylation is 2. The lowest BCUT2D eigenvalue weighted by atomic mass is 10.1. The molecule has 0 radical (unpaired) electrons. The number of nitrogens with zero attached hydrogens (tertiary/aromatic N) is 4. The number of piperazine rings is 1. The number of carbonyl (C=O) groups is 2. The number of benzene rings is 2. The number of amides is 2. The standard InChI is InChI=1S/C26H24N4O3S/c1-17-4-3-5-21(16-17)24-28-27-23(33-24)19-7-9-20(10-8-19)25(31)29-12-14-30(15-13-29)26(32)22-11-6-18(2)34-22/h3-11,16H,12-15H2,1-2H3. The van der Waals surface area contributed by atoms with E-state index in [1.807, 2.05) is 67.3 Å². The van der Waals surface area contributed by atoms with E-state index >= 15 is 0 Å². The lowest BCUT2D eigenvalue weighted by Gasteiger charge is -2.34. The predicted molar refractivity (Wildman–Crippen MR) is 131 cm³/mol. The van der Waals surface area contributed by atoms with Crippen molar-refractivity contribution in [2.45, 2.75) is 13.8 Å². The van der Waals surface area contributed by atoms with E-state index < -0.39 is 0 Å². The van der Waals surface area contributed by atoms with Crippen LogP contribution in [-0.4, -0.2) is 58.0 Å². The minimum Gasteiger partial charge on any atom is -0.416 e. The third-order valence-electron chi connectivity index (χ3n) is 5.87. The van der Waals surface area contributed by atoms with E-state index in [0.29, 0.717) is 43.5 Å². The molecular formula is C26H24N4O3S. The Bertz CT molecular complexity index is 1330. The molecule has 0 unspecified atom stereocenters. The van der Waals surface area contributed by atoms with Crippen LogP contribution < -0.4 is 0 Å². The summed E-state index contributed by atoms with van der Waals surface area (Å²) in [4.78, 5) is 31.1. The highest BCUT2D eigenvalue weighted by Gasteiger charge is 2.26. The fourth-order valence-corrected chi connectivity index (χ4v) is 4.83. The SMILES string of the molecule is Cc1cccc(-c2nnc(-c3ccc(C(=O)N4CCN(C(=O)c5ccc(C)s5)CC4)cc3)o2)c1. The highest BCUT2D eigenvalue weighted by atomic mass is 32.1. The zero-order chi connectivity index (χ0) is 23.7. The summed E-state index contributed by atoms with van der Waals surface area (Å²) in [6.45, 7) is 6.09. The molecule has 1 aliphatic heterocycles. The number of hydrogen-bond acceptors (Lipinski definition) is 6. The van der Waals surface area contributed by atoms with Crippen molar-refractivity contribution in [3.05, 3.63) is 81.5 Å². The summed E-state index contributed by atoms with van der Waals surface area (Å²) in [6.07, 6.45) is 0. The van der Waals surface area contributed by atoms with E-state index in [-0.39, 0.29) is 11.8 Å². The summed E-state index contributed by atoms with van der Waals surface area (Å²) in [5, 5.41) is 8.32. The molecule has 34 heavy (non-hydrogen) atoms. The van der Waals surface area contributed by atoms with E-state index in [2.05, 4.69) is 10.2 Å². The molecule has 4 aromatic rings. The second-order valence-electron chi connectivity index (χ2n) is 8.35. The Kier molecular flexibility index (Phi) is 5.98. The van der Waals surface area contributed by atoms with E-state index in [1.165, 1.54) is 11.3 Å². The molecule has 8 heteroatoms. The van der Waals surface area contributed by atoms with Crippen molar-refractivity contribution in [3.63, 3.8) is 0 Å². The van der Waals surface area contributed by atoms with Crippen molar-refractivity contribution in [3.8, 4) is 22.9 Å². The van der Waals surface area contributed by atoms with E-state index in [9.17, 15) is 9.59 Å². The van der Waals surface area contributed by atoms with Crippen molar-refractivity contribution in [1.82, 2.24) is 20.0 Å². The largest absolute Gasteiger partial charge is 0.416 e. The van der Waals surface area contributed by atoms with E-state index in [0.717, 1.165) is 26.4 Å². The summed E-state index contributed by atoms with van der Waals surface area (Å²) in [6, 6.07) is 18.9. The fourth-order valence-electron chi connectivity index (χ4n) is 3.99. The molecule has 2 amide bonds. The smallest absolute Gasteiger partial charge is 0.264 e. The molecule has 1 saturated heterocycles. The van der Waals surface area contributed by atoms with Crippen LogP contribution in [0.3, 0.4) is 0 Å². The maximum Gasteiger partial charge on any atom is 0.264 e. The minimum absolute atomic E-state index is 0.0409. The Morgan fingerprint density at radius 3 is 2.06 bits per heavy atom. The first-order valence-electron chi connectivity index (χ1n) is 11.1. The molecule has 0 spiro atoms. The average Bonchev–Trinajstić information content (AvgIpc) is 3.53. The van der Waals surface area contributed by atoms with Crippen molar-refractivity contribution >= 4 is 23.2 Å². The molecule has 0 saturated carbocycles. The maximum absolute atomic E-state index is 13.0. The summed E-state index contributed by atoms with van der Waals surface area (Å²) in [7, 11) is 0. The molecule has 5 rings (SSSR count). The average molecular weight is 473 g/mol. The van der Waals surface area contributed by atoms with Crippen molar-refractivity contribution in [1.29, 1.82) is 0 Å². The van der Waals surface area contributed by atoms with Crippen LogP contribution in [0, 0.1) is 13.8 Å². The number of hydrogen-bond donors (Lipinski definition) is 0. The van der Waals surface area contributed by atoms with Gasteiger partial charge in [-0.3, -0.25) is 9.59 Å². The molecule has 0 aliphatic carbocycles. The second-order valence-corrected chi connectivity index (χ2v) is 9.64. The highest BCUT2D eigenvalue weighted by molar-refractivity contribution is 7.13. The van der Waals surface area contributed by atoms with Gasteiger partial charge in [-0.1, -0.05) is 17.7 Å². The second kappa shape index (κ2) is 9.23. The number of thiophene rings is 1. The molecule has 172 valence electrons. The van der Waals surface area contributed by atoms with Gasteiger partial charge in [-0.05, 0) is 62.4 Å². The van der Waals surface area contributed by atoms with Crippen molar-refractivity contribution in [2.24, 2.45) is 0 Å². The van der Waals surface area contributed by atoms with Crippen LogP contribution in [0.4, 0.5) is 0 Å². The zero-order valence-corrected chi connectivity index (χ0v) is 19.8. The Hall–Kier alpha value is -3.78. The van der Waals surface area contributed by atoms with Crippen LogP contribution in [0.2, 0.25) is 0 Å². The van der Waals surface area contributed by atoms with E-state index in [1.54, 1.807) is 17.0 Å². The Morgan fingerprint density at radius 1 is 0.794 bits per heavy atom. The summed E-state index contributed by atoms with van der Waals surface area (Å²) in [5.41, 5.74) is 3.34. The first kappa shape index (κ1) is 22.0. The van der Waals surface area contributed by atoms with Gasteiger partial charge >= 0.3 is 0 Å². The Balaban J connectivity index is 1.22. The fraction of sp³-hybridized carbons (Fsp3) is 0.231. The van der Waals surface area contributed by atoms with Gasteiger partial charge in [0.25, 0.3) is 11.8 Å². The van der Waals surface area contributed by atoms with Gasteiger partial charge in [-0.25, -0.2) is 0 Å². The highest BCUT2D eigenvalue weighted by Crippen LogP contribution is 2.25. The van der Waals surface area contributed by atoms with Crippen LogP contribution >= 0.6 is 11.3 Å². The van der Waals surface area contributed by atoms with Crippen molar-refractivity contribution < 1.29 is 14.0 Å². The summed E-state index contributed by atoms with van der Waals surface area (Å²) < 4.78 is 5.85. The predicted octanol–water partition coefficient (Wildman–Crippen LogP) is 4.68. The molecule has 7 nitrogen and oxygen atoms in total.